The van der Waals surface area contributed by atoms with E-state index in [4.69, 9.17) is 4.74 Å². The second-order valence-electron chi connectivity index (χ2n) is 8.64. The van der Waals surface area contributed by atoms with Crippen LogP contribution < -0.4 is 10.1 Å². The van der Waals surface area contributed by atoms with Crippen LogP contribution in [-0.2, 0) is 0 Å². The van der Waals surface area contributed by atoms with Gasteiger partial charge in [0.05, 0.1) is 17.9 Å². The number of thiazole rings is 1. The maximum absolute atomic E-state index is 12.7. The molecule has 0 saturated carbocycles. The van der Waals surface area contributed by atoms with E-state index in [0.717, 1.165) is 17.1 Å². The van der Waals surface area contributed by atoms with Crippen molar-refractivity contribution in [2.24, 2.45) is 5.92 Å². The number of nitrogens with zero attached hydrogens (tertiary/aromatic N) is 3. The summed E-state index contributed by atoms with van der Waals surface area (Å²) in [5.74, 6) is 0.846. The Balaban J connectivity index is 2.11. The van der Waals surface area contributed by atoms with Crippen molar-refractivity contribution >= 4 is 17.2 Å². The van der Waals surface area contributed by atoms with Crippen LogP contribution in [0.3, 0.4) is 0 Å². The molecule has 1 amide bonds. The average Bonchev–Trinajstić information content (AvgIpc) is 3.10. The molecule has 2 aromatic rings. The number of nitriles is 1. The van der Waals surface area contributed by atoms with Gasteiger partial charge in [0.15, 0.2) is 0 Å². The van der Waals surface area contributed by atoms with Crippen LogP contribution in [0, 0.1) is 24.2 Å². The van der Waals surface area contributed by atoms with Gasteiger partial charge in [-0.3, -0.25) is 9.69 Å². The first kappa shape index (κ1) is 24.8. The molecule has 0 atom stereocenters. The SMILES string of the molecule is Cc1nc(-c2ccc(OCC(C)C)c(C#N)c2)sc1C(=O)NCCN(C(C)C)C(C)C. The molecule has 1 heterocycles. The predicted octanol–water partition coefficient (Wildman–Crippen LogP) is 4.87. The molecule has 1 aromatic heterocycles. The molecule has 1 aromatic carbocycles. The molecule has 0 spiro atoms. The van der Waals surface area contributed by atoms with Gasteiger partial charge in [0.2, 0.25) is 0 Å². The number of ether oxygens (including phenoxy) is 1. The molecular formula is C24H34N4O2S. The maximum atomic E-state index is 12.7. The molecule has 2 rings (SSSR count). The fourth-order valence-corrected chi connectivity index (χ4v) is 4.33. The van der Waals surface area contributed by atoms with Crippen molar-refractivity contribution in [3.8, 4) is 22.4 Å². The first-order valence-corrected chi connectivity index (χ1v) is 11.6. The highest BCUT2D eigenvalue weighted by molar-refractivity contribution is 7.17. The number of hydrogen-bond acceptors (Lipinski definition) is 6. The fourth-order valence-electron chi connectivity index (χ4n) is 3.35. The third-order valence-corrected chi connectivity index (χ3v) is 6.11. The lowest BCUT2D eigenvalue weighted by molar-refractivity contribution is 0.0942. The minimum absolute atomic E-state index is 0.105. The van der Waals surface area contributed by atoms with Crippen LogP contribution >= 0.6 is 11.3 Å². The number of amides is 1. The number of aromatic nitrogens is 1. The Morgan fingerprint density at radius 1 is 1.23 bits per heavy atom. The number of hydrogen-bond donors (Lipinski definition) is 1. The van der Waals surface area contributed by atoms with Gasteiger partial charge in [-0.15, -0.1) is 11.3 Å². The van der Waals surface area contributed by atoms with Crippen molar-refractivity contribution < 1.29 is 9.53 Å². The van der Waals surface area contributed by atoms with Gasteiger partial charge >= 0.3 is 0 Å². The minimum Gasteiger partial charge on any atom is -0.492 e. The molecule has 168 valence electrons. The van der Waals surface area contributed by atoms with Crippen molar-refractivity contribution in [3.05, 3.63) is 34.3 Å². The topological polar surface area (TPSA) is 78.2 Å². The number of rotatable bonds is 10. The van der Waals surface area contributed by atoms with Crippen LogP contribution in [0.4, 0.5) is 0 Å². The van der Waals surface area contributed by atoms with E-state index in [1.165, 1.54) is 11.3 Å². The van der Waals surface area contributed by atoms with Gasteiger partial charge in [0.25, 0.3) is 5.91 Å². The van der Waals surface area contributed by atoms with Gasteiger partial charge in [0, 0.05) is 30.7 Å². The molecular weight excluding hydrogens is 408 g/mol. The van der Waals surface area contributed by atoms with E-state index in [2.05, 4.69) is 62.8 Å². The van der Waals surface area contributed by atoms with E-state index in [0.29, 0.717) is 53.0 Å². The highest BCUT2D eigenvalue weighted by atomic mass is 32.1. The van der Waals surface area contributed by atoms with E-state index in [-0.39, 0.29) is 5.91 Å². The summed E-state index contributed by atoms with van der Waals surface area (Å²) >= 11 is 1.35. The quantitative estimate of drug-likeness (QED) is 0.568. The predicted molar refractivity (Wildman–Crippen MR) is 127 cm³/mol. The minimum atomic E-state index is -0.105. The molecule has 0 aliphatic rings. The normalized spacial score (nSPS) is 11.4. The Morgan fingerprint density at radius 2 is 1.90 bits per heavy atom. The fraction of sp³-hybridized carbons (Fsp3) is 0.542. The number of carbonyl (C=O) groups excluding carboxylic acids is 1. The van der Waals surface area contributed by atoms with E-state index in [1.807, 2.05) is 13.0 Å². The molecule has 0 unspecified atom stereocenters. The zero-order valence-electron chi connectivity index (χ0n) is 19.7. The molecule has 0 fully saturated rings. The molecule has 0 aliphatic heterocycles. The standard InChI is InChI=1S/C24H34N4O2S/c1-15(2)14-30-21-9-8-19(12-20(21)13-25)24-27-18(7)22(31-24)23(29)26-10-11-28(16(3)4)17(5)6/h8-9,12,15-17H,10-11,14H2,1-7H3,(H,26,29). The third-order valence-electron chi connectivity index (χ3n) is 4.90. The summed E-state index contributed by atoms with van der Waals surface area (Å²) in [6.07, 6.45) is 0. The highest BCUT2D eigenvalue weighted by Gasteiger charge is 2.18. The second kappa shape index (κ2) is 11.3. The summed E-state index contributed by atoms with van der Waals surface area (Å²) < 4.78 is 5.74. The molecule has 0 radical (unpaired) electrons. The maximum Gasteiger partial charge on any atom is 0.263 e. The van der Waals surface area contributed by atoms with Crippen molar-refractivity contribution in [3.63, 3.8) is 0 Å². The van der Waals surface area contributed by atoms with Gasteiger partial charge in [-0.1, -0.05) is 13.8 Å². The van der Waals surface area contributed by atoms with Crippen LogP contribution in [0.2, 0.25) is 0 Å². The Morgan fingerprint density at radius 3 is 2.48 bits per heavy atom. The van der Waals surface area contributed by atoms with E-state index in [1.54, 1.807) is 12.1 Å². The first-order chi connectivity index (χ1) is 14.6. The Bertz CT molecular complexity index is 920. The van der Waals surface area contributed by atoms with Gasteiger partial charge in [-0.2, -0.15) is 5.26 Å². The van der Waals surface area contributed by atoms with Crippen molar-refractivity contribution in [2.75, 3.05) is 19.7 Å². The third kappa shape index (κ3) is 6.78. The van der Waals surface area contributed by atoms with Crippen LogP contribution in [-0.4, -0.2) is 47.6 Å². The summed E-state index contributed by atoms with van der Waals surface area (Å²) in [4.78, 5) is 20.3. The summed E-state index contributed by atoms with van der Waals surface area (Å²) in [6, 6.07) is 8.52. The van der Waals surface area contributed by atoms with Crippen molar-refractivity contribution in [1.82, 2.24) is 15.2 Å². The first-order valence-electron chi connectivity index (χ1n) is 10.8. The summed E-state index contributed by atoms with van der Waals surface area (Å²) in [7, 11) is 0. The zero-order chi connectivity index (χ0) is 23.1. The molecule has 0 aliphatic carbocycles. The molecule has 0 bridgehead atoms. The monoisotopic (exact) mass is 442 g/mol. The smallest absolute Gasteiger partial charge is 0.263 e. The Hall–Kier alpha value is -2.43. The summed E-state index contributed by atoms with van der Waals surface area (Å²) in [6.45, 7) is 16.6. The lowest BCUT2D eigenvalue weighted by atomic mass is 10.1. The highest BCUT2D eigenvalue weighted by Crippen LogP contribution is 2.31. The van der Waals surface area contributed by atoms with Crippen LogP contribution in [0.1, 0.15) is 62.5 Å². The number of carbonyl (C=O) groups is 1. The summed E-state index contributed by atoms with van der Waals surface area (Å²) in [5, 5.41) is 13.3. The van der Waals surface area contributed by atoms with Crippen molar-refractivity contribution in [1.29, 1.82) is 5.26 Å². The lowest BCUT2D eigenvalue weighted by Crippen LogP contribution is -2.42. The number of nitrogens with one attached hydrogen (secondary N) is 1. The summed E-state index contributed by atoms with van der Waals surface area (Å²) in [5.41, 5.74) is 1.98. The van der Waals surface area contributed by atoms with Gasteiger partial charge < -0.3 is 10.1 Å². The van der Waals surface area contributed by atoms with Crippen LogP contribution in [0.25, 0.3) is 10.6 Å². The van der Waals surface area contributed by atoms with Gasteiger partial charge in [-0.25, -0.2) is 4.98 Å². The molecule has 1 N–H and O–H groups in total. The molecule has 7 heteroatoms. The van der Waals surface area contributed by atoms with E-state index in [9.17, 15) is 10.1 Å². The molecule has 0 saturated heterocycles. The second-order valence-corrected chi connectivity index (χ2v) is 9.64. The lowest BCUT2D eigenvalue weighted by Gasteiger charge is -2.30. The number of benzene rings is 1. The Labute approximate surface area is 190 Å². The molecule has 31 heavy (non-hydrogen) atoms. The van der Waals surface area contributed by atoms with Crippen molar-refractivity contribution in [2.45, 2.75) is 60.5 Å². The number of aryl methyl sites for hydroxylation is 1. The average molecular weight is 443 g/mol. The Kier molecular flexibility index (Phi) is 9.02. The zero-order valence-corrected chi connectivity index (χ0v) is 20.5. The van der Waals surface area contributed by atoms with Gasteiger partial charge in [-0.05, 0) is 58.7 Å². The van der Waals surface area contributed by atoms with E-state index < -0.39 is 0 Å². The van der Waals surface area contributed by atoms with Crippen LogP contribution in [0.15, 0.2) is 18.2 Å². The van der Waals surface area contributed by atoms with Crippen LogP contribution in [0.5, 0.6) is 5.75 Å². The molecule has 6 nitrogen and oxygen atoms in total. The largest absolute Gasteiger partial charge is 0.492 e. The van der Waals surface area contributed by atoms with E-state index >= 15 is 0 Å². The van der Waals surface area contributed by atoms with Gasteiger partial charge in [0.1, 0.15) is 21.7 Å².